The van der Waals surface area contributed by atoms with Gasteiger partial charge in [-0.15, -0.1) is 0 Å². The number of fused-ring (bicyclic) bond motifs is 3. The lowest BCUT2D eigenvalue weighted by atomic mass is 9.90. The fourth-order valence-corrected chi connectivity index (χ4v) is 6.41. The van der Waals surface area contributed by atoms with E-state index >= 15 is 8.78 Å². The number of hydrogen-bond acceptors (Lipinski definition) is 11. The first kappa shape index (κ1) is 27.6. The summed E-state index contributed by atoms with van der Waals surface area (Å²) in [5, 5.41) is 8.68. The molecule has 2 saturated heterocycles. The highest BCUT2D eigenvalue weighted by atomic mass is 19.1. The van der Waals surface area contributed by atoms with E-state index in [1.807, 2.05) is 7.05 Å². The predicted molar refractivity (Wildman–Crippen MR) is 151 cm³/mol. The molecule has 1 atom stereocenters. The normalized spacial score (nSPS) is 21.0. The quantitative estimate of drug-likeness (QED) is 0.344. The van der Waals surface area contributed by atoms with E-state index < -0.39 is 23.3 Å². The van der Waals surface area contributed by atoms with Crippen LogP contribution in [0.2, 0.25) is 0 Å². The molecule has 1 spiro atoms. The van der Waals surface area contributed by atoms with Crippen LogP contribution >= 0.6 is 0 Å². The largest absolute Gasteiger partial charge is 0.465 e. The van der Waals surface area contributed by atoms with E-state index in [2.05, 4.69) is 40.8 Å². The first-order chi connectivity index (χ1) is 20.8. The van der Waals surface area contributed by atoms with Crippen LogP contribution in [0.25, 0.3) is 11.0 Å². The Balaban J connectivity index is 0.990. The molecule has 5 heterocycles. The third-order valence-electron chi connectivity index (χ3n) is 8.60. The number of nitrogens with zero attached hydrogens (tertiary/aromatic N) is 6. The summed E-state index contributed by atoms with van der Waals surface area (Å²) in [7, 11) is 1.83. The van der Waals surface area contributed by atoms with E-state index in [0.717, 1.165) is 0 Å². The van der Waals surface area contributed by atoms with Crippen LogP contribution in [0, 0.1) is 17.6 Å². The first-order valence-electron chi connectivity index (χ1n) is 14.4. The summed E-state index contributed by atoms with van der Waals surface area (Å²) < 4.78 is 42.2. The van der Waals surface area contributed by atoms with Gasteiger partial charge in [0, 0.05) is 45.6 Å². The van der Waals surface area contributed by atoms with Crippen molar-refractivity contribution in [2.45, 2.75) is 31.3 Å². The molecule has 3 aromatic rings. The van der Waals surface area contributed by atoms with E-state index in [1.165, 1.54) is 17.3 Å². The molecule has 2 amide bonds. The number of nitrogens with one attached hydrogen (secondary N) is 3. The molecule has 13 nitrogen and oxygen atoms in total. The monoisotopic (exact) mass is 595 g/mol. The van der Waals surface area contributed by atoms with Crippen molar-refractivity contribution in [3.05, 3.63) is 35.2 Å². The van der Waals surface area contributed by atoms with Gasteiger partial charge < -0.3 is 30.3 Å². The van der Waals surface area contributed by atoms with Crippen LogP contribution < -0.4 is 25.6 Å². The van der Waals surface area contributed by atoms with Gasteiger partial charge in [0.15, 0.2) is 29.9 Å². The molecule has 0 radical (unpaired) electrons. The Morgan fingerprint density at radius 1 is 1.05 bits per heavy atom. The highest BCUT2D eigenvalue weighted by Gasteiger charge is 2.48. The number of amides is 2. The van der Waals surface area contributed by atoms with Crippen molar-refractivity contribution >= 4 is 40.5 Å². The standard InChI is InChI=1S/C28H31F2N9O4/c1-31-4-5-32-18-10-33-23-21(29)16-8-15(9-17(16)22(30)24(23)35-18)12-38-6-2-28(3-7-38)14-39(27(41)43-28)19-11-34-26-25(36-19)37-20(40)13-42-26/h10-11,15,31H,2-9,12-14H2,1H3,(H,32,35)(H,36,37,40). The lowest BCUT2D eigenvalue weighted by Gasteiger charge is -2.38. The number of ether oxygens (including phenoxy) is 2. The summed E-state index contributed by atoms with van der Waals surface area (Å²) in [4.78, 5) is 45.2. The highest BCUT2D eigenvalue weighted by Crippen LogP contribution is 2.39. The van der Waals surface area contributed by atoms with Crippen molar-refractivity contribution < 1.29 is 27.8 Å². The van der Waals surface area contributed by atoms with Crippen LogP contribution in [0.5, 0.6) is 5.88 Å². The molecule has 15 heteroatoms. The molecule has 2 fully saturated rings. The van der Waals surface area contributed by atoms with Crippen LogP contribution in [0.1, 0.15) is 24.0 Å². The minimum Gasteiger partial charge on any atom is -0.465 e. The van der Waals surface area contributed by atoms with Crippen LogP contribution in [0.3, 0.4) is 0 Å². The number of carbonyl (C=O) groups is 2. The molecule has 0 saturated carbocycles. The number of likely N-dealkylation sites (tertiary alicyclic amines) is 1. The van der Waals surface area contributed by atoms with Crippen molar-refractivity contribution in [1.29, 1.82) is 0 Å². The third kappa shape index (κ3) is 5.05. The summed E-state index contributed by atoms with van der Waals surface area (Å²) in [6.45, 7) is 3.47. The number of likely N-dealkylation sites (N-methyl/N-ethyl adjacent to an activating group) is 1. The summed E-state index contributed by atoms with van der Waals surface area (Å²) in [6.07, 6.45) is 4.42. The fourth-order valence-electron chi connectivity index (χ4n) is 6.41. The second kappa shape index (κ2) is 10.8. The molecule has 1 unspecified atom stereocenters. The maximum atomic E-state index is 15.6. The fraction of sp³-hybridized carbons (Fsp3) is 0.500. The van der Waals surface area contributed by atoms with E-state index in [-0.39, 0.29) is 47.0 Å². The van der Waals surface area contributed by atoms with Gasteiger partial charge in [0.2, 0.25) is 0 Å². The van der Waals surface area contributed by atoms with Gasteiger partial charge in [-0.05, 0) is 36.9 Å². The summed E-state index contributed by atoms with van der Waals surface area (Å²) >= 11 is 0. The van der Waals surface area contributed by atoms with Gasteiger partial charge in [-0.25, -0.2) is 33.5 Å². The Morgan fingerprint density at radius 2 is 1.81 bits per heavy atom. The Morgan fingerprint density at radius 3 is 2.58 bits per heavy atom. The summed E-state index contributed by atoms with van der Waals surface area (Å²) in [6, 6.07) is 0. The minimum absolute atomic E-state index is 0.0397. The van der Waals surface area contributed by atoms with Gasteiger partial charge >= 0.3 is 6.09 Å². The summed E-state index contributed by atoms with van der Waals surface area (Å²) in [5.41, 5.74) is 0.0232. The Labute approximate surface area is 245 Å². The van der Waals surface area contributed by atoms with Crippen molar-refractivity contribution in [2.24, 2.45) is 5.92 Å². The second-order valence-electron chi connectivity index (χ2n) is 11.5. The van der Waals surface area contributed by atoms with Crippen molar-refractivity contribution in [1.82, 2.24) is 30.2 Å². The lowest BCUT2D eigenvalue weighted by Crippen LogP contribution is -2.48. The van der Waals surface area contributed by atoms with Crippen LogP contribution in [0.15, 0.2) is 12.4 Å². The lowest BCUT2D eigenvalue weighted by molar-refractivity contribution is -0.118. The molecule has 1 aromatic carbocycles. The van der Waals surface area contributed by atoms with Crippen molar-refractivity contribution in [3.8, 4) is 5.88 Å². The number of aromatic nitrogens is 4. The average molecular weight is 596 g/mol. The van der Waals surface area contributed by atoms with Gasteiger partial charge in [-0.2, -0.15) is 0 Å². The van der Waals surface area contributed by atoms with E-state index in [0.29, 0.717) is 81.9 Å². The first-order valence-corrected chi connectivity index (χ1v) is 14.4. The highest BCUT2D eigenvalue weighted by molar-refractivity contribution is 5.95. The van der Waals surface area contributed by atoms with Crippen LogP contribution in [-0.4, -0.2) is 95.4 Å². The average Bonchev–Trinajstić information content (AvgIpc) is 3.58. The Hall–Kier alpha value is -4.24. The van der Waals surface area contributed by atoms with Crippen molar-refractivity contribution in [2.75, 3.05) is 68.5 Å². The number of halogens is 2. The van der Waals surface area contributed by atoms with Crippen molar-refractivity contribution in [3.63, 3.8) is 0 Å². The number of rotatable bonds is 7. The number of hydrogen-bond donors (Lipinski definition) is 3. The Bertz CT molecular complexity index is 1620. The van der Waals surface area contributed by atoms with E-state index in [1.54, 1.807) is 0 Å². The Kier molecular flexibility index (Phi) is 6.92. The number of piperidine rings is 1. The molecule has 43 heavy (non-hydrogen) atoms. The van der Waals surface area contributed by atoms with Gasteiger partial charge in [0.05, 0.1) is 18.9 Å². The maximum Gasteiger partial charge on any atom is 0.416 e. The molecule has 3 aliphatic heterocycles. The zero-order chi connectivity index (χ0) is 29.7. The molecular weight excluding hydrogens is 564 g/mol. The zero-order valence-corrected chi connectivity index (χ0v) is 23.6. The molecule has 0 bridgehead atoms. The van der Waals surface area contributed by atoms with Crippen LogP contribution in [0.4, 0.5) is 31.0 Å². The molecule has 3 N–H and O–H groups in total. The predicted octanol–water partition coefficient (Wildman–Crippen LogP) is 1.87. The second-order valence-corrected chi connectivity index (χ2v) is 11.5. The smallest absolute Gasteiger partial charge is 0.416 e. The minimum atomic E-state index is -0.671. The van der Waals surface area contributed by atoms with E-state index in [4.69, 9.17) is 9.47 Å². The van der Waals surface area contributed by atoms with E-state index in [9.17, 15) is 9.59 Å². The molecule has 2 aromatic heterocycles. The zero-order valence-electron chi connectivity index (χ0n) is 23.6. The molecular formula is C28H31F2N9O4. The number of benzene rings is 1. The number of anilines is 3. The third-order valence-corrected chi connectivity index (χ3v) is 8.60. The van der Waals surface area contributed by atoms with Gasteiger partial charge in [0.25, 0.3) is 11.8 Å². The molecule has 7 rings (SSSR count). The summed E-state index contributed by atoms with van der Waals surface area (Å²) in [5.74, 6) is -0.224. The molecule has 4 aliphatic rings. The molecule has 1 aliphatic carbocycles. The van der Waals surface area contributed by atoms with Gasteiger partial charge in [-0.1, -0.05) is 0 Å². The van der Waals surface area contributed by atoms with Crippen LogP contribution in [-0.2, 0) is 22.4 Å². The topological polar surface area (TPSA) is 147 Å². The SMILES string of the molecule is CNCCNc1cnc2c(F)c3c(c(F)c2n1)CC(CN1CCC2(CC1)CN(c1cnc4c(n1)NC(=O)CO4)C(=O)O2)C3. The number of carbonyl (C=O) groups excluding carboxylic acids is 2. The van der Waals surface area contributed by atoms with Gasteiger partial charge in [0.1, 0.15) is 22.5 Å². The maximum absolute atomic E-state index is 15.6. The van der Waals surface area contributed by atoms with Gasteiger partial charge in [-0.3, -0.25) is 9.69 Å². The molecule has 226 valence electrons.